The van der Waals surface area contributed by atoms with Gasteiger partial charge in [0.2, 0.25) is 0 Å². The summed E-state index contributed by atoms with van der Waals surface area (Å²) in [6.07, 6.45) is -3.97. The maximum absolute atomic E-state index is 11.2. The van der Waals surface area contributed by atoms with Crippen LogP contribution in [0, 0.1) is 0 Å². The first-order valence-corrected chi connectivity index (χ1v) is 6.95. The fourth-order valence-corrected chi connectivity index (χ4v) is 2.25. The van der Waals surface area contributed by atoms with Gasteiger partial charge in [-0.05, 0) is 6.92 Å². The molecule has 0 saturated carbocycles. The Morgan fingerprint density at radius 1 is 1.00 bits per heavy atom. The molecule has 1 atom stereocenters. The largest absolute Gasteiger partial charge is 2.00 e. The standard InChI is InChI=1S/C12H22N4O6.Ca/c1-9-8-15(11(19)20)7-6-14(10(17)18)4-2-13-3-5-16(9)12(21)22;/h9,13H,2-8H2,1H3,(H,17,18)(H,19,20)(H,21,22);/q;+2/p-2. The molecule has 1 aliphatic rings. The maximum atomic E-state index is 11.2. The van der Waals surface area contributed by atoms with E-state index in [1.54, 1.807) is 6.92 Å². The van der Waals surface area contributed by atoms with Crippen molar-refractivity contribution in [3.63, 3.8) is 0 Å². The average molecular weight is 356 g/mol. The molecule has 0 radical (unpaired) electrons. The second kappa shape index (κ2) is 10.7. The molecule has 1 saturated heterocycles. The number of carboxylic acid groups (broad SMARTS) is 3. The predicted molar refractivity (Wildman–Crippen MR) is 76.8 cm³/mol. The summed E-state index contributed by atoms with van der Waals surface area (Å²) in [5.41, 5.74) is 0. The normalized spacial score (nSPS) is 20.7. The van der Waals surface area contributed by atoms with Gasteiger partial charge >= 0.3 is 43.8 Å². The van der Waals surface area contributed by atoms with Gasteiger partial charge in [0.05, 0.1) is 0 Å². The van der Waals surface area contributed by atoms with E-state index in [0.29, 0.717) is 13.1 Å². The summed E-state index contributed by atoms with van der Waals surface area (Å²) in [7, 11) is 0. The molecule has 10 nitrogen and oxygen atoms in total. The number of nitrogens with one attached hydrogen (secondary N) is 1. The number of hydrogen-bond donors (Lipinski definition) is 2. The molecule has 0 aromatic rings. The first kappa shape index (κ1) is 22.0. The molecule has 1 fully saturated rings. The second-order valence-corrected chi connectivity index (χ2v) is 5.04. The minimum Gasteiger partial charge on any atom is -0.530 e. The molecule has 1 unspecified atom stereocenters. The van der Waals surface area contributed by atoms with Gasteiger partial charge in [0.1, 0.15) is 12.2 Å². The molecule has 1 heterocycles. The molecular formula is C12H20CaN4O6. The Morgan fingerprint density at radius 3 is 2.09 bits per heavy atom. The van der Waals surface area contributed by atoms with Crippen molar-refractivity contribution in [2.24, 2.45) is 0 Å². The number of hydrogen-bond acceptors (Lipinski definition) is 6. The number of rotatable bonds is 0. The summed E-state index contributed by atoms with van der Waals surface area (Å²) in [4.78, 5) is 36.4. The minimum atomic E-state index is -1.37. The summed E-state index contributed by atoms with van der Waals surface area (Å²) in [5, 5.41) is 34.2. The van der Waals surface area contributed by atoms with Crippen LogP contribution in [0.25, 0.3) is 0 Å². The molecule has 0 aromatic heterocycles. The summed E-state index contributed by atoms with van der Waals surface area (Å²) in [5.74, 6) is 0. The van der Waals surface area contributed by atoms with Crippen molar-refractivity contribution in [3.8, 4) is 0 Å². The molecule has 126 valence electrons. The van der Waals surface area contributed by atoms with Crippen molar-refractivity contribution < 1.29 is 29.7 Å². The molecule has 0 bridgehead atoms. The molecular weight excluding hydrogens is 336 g/mol. The molecule has 2 N–H and O–H groups in total. The zero-order valence-electron chi connectivity index (χ0n) is 13.1. The van der Waals surface area contributed by atoms with Crippen LogP contribution >= 0.6 is 0 Å². The van der Waals surface area contributed by atoms with Gasteiger partial charge in [-0.15, -0.1) is 0 Å². The van der Waals surface area contributed by atoms with Crippen molar-refractivity contribution in [3.05, 3.63) is 0 Å². The fourth-order valence-electron chi connectivity index (χ4n) is 2.25. The Morgan fingerprint density at radius 2 is 1.57 bits per heavy atom. The summed E-state index contributed by atoms with van der Waals surface area (Å²) < 4.78 is 0. The summed E-state index contributed by atoms with van der Waals surface area (Å²) in [6, 6.07) is -0.598. The smallest absolute Gasteiger partial charge is 0.530 e. The van der Waals surface area contributed by atoms with Crippen molar-refractivity contribution in [1.82, 2.24) is 20.0 Å². The van der Waals surface area contributed by atoms with E-state index in [4.69, 9.17) is 5.11 Å². The third kappa shape index (κ3) is 7.42. The fraction of sp³-hybridized carbons (Fsp3) is 0.750. The van der Waals surface area contributed by atoms with Gasteiger partial charge in [0.15, 0.2) is 0 Å². The van der Waals surface area contributed by atoms with E-state index in [2.05, 4.69) is 5.32 Å². The van der Waals surface area contributed by atoms with Crippen molar-refractivity contribution in [2.45, 2.75) is 13.0 Å². The molecule has 0 spiro atoms. The zero-order chi connectivity index (χ0) is 16.7. The Hall–Kier alpha value is -0.970. The Bertz CT molecular complexity index is 424. The van der Waals surface area contributed by atoms with E-state index in [-0.39, 0.29) is 70.5 Å². The van der Waals surface area contributed by atoms with Crippen LogP contribution in [0.15, 0.2) is 0 Å². The first-order valence-electron chi connectivity index (χ1n) is 6.95. The number of carbonyl (C=O) groups is 3. The van der Waals surface area contributed by atoms with Crippen LogP contribution in [0.5, 0.6) is 0 Å². The Kier molecular flexibility index (Phi) is 10.3. The average Bonchev–Trinajstić information content (AvgIpc) is 2.41. The van der Waals surface area contributed by atoms with E-state index in [1.165, 1.54) is 0 Å². The van der Waals surface area contributed by atoms with E-state index in [1.807, 2.05) is 0 Å². The zero-order valence-corrected chi connectivity index (χ0v) is 15.3. The summed E-state index contributed by atoms with van der Waals surface area (Å²) >= 11 is 0. The minimum absolute atomic E-state index is 0. The SMILES string of the molecule is CC1CN(C(=O)O)CCN(C(=O)[O-])CCNCCN1C(=O)[O-].[Ca+2]. The topological polar surface area (TPSA) is 139 Å². The molecule has 0 aliphatic carbocycles. The van der Waals surface area contributed by atoms with Crippen LogP contribution in [0.4, 0.5) is 14.4 Å². The van der Waals surface area contributed by atoms with Gasteiger partial charge in [-0.2, -0.15) is 0 Å². The third-order valence-electron chi connectivity index (χ3n) is 3.51. The van der Waals surface area contributed by atoms with Crippen molar-refractivity contribution in [2.75, 3.05) is 45.8 Å². The van der Waals surface area contributed by atoms with E-state index in [9.17, 15) is 24.6 Å². The van der Waals surface area contributed by atoms with Crippen LogP contribution in [0.3, 0.4) is 0 Å². The van der Waals surface area contributed by atoms with Crippen molar-refractivity contribution in [1.29, 1.82) is 0 Å². The van der Waals surface area contributed by atoms with E-state index < -0.39 is 24.3 Å². The quantitative estimate of drug-likeness (QED) is 0.437. The summed E-state index contributed by atoms with van der Waals surface area (Å²) in [6.45, 7) is 2.31. The van der Waals surface area contributed by atoms with E-state index in [0.717, 1.165) is 14.7 Å². The maximum Gasteiger partial charge on any atom is 2.00 e. The van der Waals surface area contributed by atoms with Crippen LogP contribution < -0.4 is 15.5 Å². The molecule has 1 rings (SSSR count). The molecule has 1 aliphatic heterocycles. The number of amides is 3. The molecule has 0 aromatic carbocycles. The Balaban J connectivity index is 0.00000484. The Labute approximate surface area is 164 Å². The van der Waals surface area contributed by atoms with Crippen molar-refractivity contribution >= 4 is 56.0 Å². The second-order valence-electron chi connectivity index (χ2n) is 5.04. The molecule has 23 heavy (non-hydrogen) atoms. The van der Waals surface area contributed by atoms with Crippen LogP contribution in [-0.4, -0.2) is 128 Å². The number of carbonyl (C=O) groups excluding carboxylic acids is 2. The first-order chi connectivity index (χ1) is 10.3. The molecule has 3 amide bonds. The van der Waals surface area contributed by atoms with Gasteiger partial charge in [-0.3, -0.25) is 0 Å². The van der Waals surface area contributed by atoms with Gasteiger partial charge in [-0.25, -0.2) is 4.79 Å². The van der Waals surface area contributed by atoms with E-state index >= 15 is 0 Å². The van der Waals surface area contributed by atoms with Gasteiger partial charge < -0.3 is 44.9 Å². The number of nitrogens with zero attached hydrogens (tertiary/aromatic N) is 3. The van der Waals surface area contributed by atoms with Gasteiger partial charge in [-0.1, -0.05) is 0 Å². The van der Waals surface area contributed by atoms with Crippen LogP contribution in [0.1, 0.15) is 6.92 Å². The molecule has 11 heteroatoms. The third-order valence-corrected chi connectivity index (χ3v) is 3.51. The van der Waals surface area contributed by atoms with Gasteiger partial charge in [0.25, 0.3) is 0 Å². The van der Waals surface area contributed by atoms with Crippen LogP contribution in [-0.2, 0) is 0 Å². The van der Waals surface area contributed by atoms with Gasteiger partial charge in [0, 0.05) is 51.9 Å². The predicted octanol–water partition coefficient (Wildman–Crippen LogP) is -3.13. The monoisotopic (exact) mass is 356 g/mol. The van der Waals surface area contributed by atoms with Crippen LogP contribution in [0.2, 0.25) is 0 Å².